The van der Waals surface area contributed by atoms with E-state index in [1.165, 1.54) is 63.0 Å². The molecule has 7 nitrogen and oxygen atoms in total. The van der Waals surface area contributed by atoms with Gasteiger partial charge in [-0.3, -0.25) is 0 Å². The lowest BCUT2D eigenvalue weighted by molar-refractivity contribution is -0.129. The van der Waals surface area contributed by atoms with E-state index in [9.17, 15) is 4.79 Å². The first kappa shape index (κ1) is 26.7. The van der Waals surface area contributed by atoms with E-state index < -0.39 is 5.97 Å². The van der Waals surface area contributed by atoms with Crippen molar-refractivity contribution < 1.29 is 23.7 Å². The minimum atomic E-state index is -0.460. The molecule has 1 saturated carbocycles. The molecule has 0 radical (unpaired) electrons. The molecule has 1 aliphatic carbocycles. The van der Waals surface area contributed by atoms with Crippen molar-refractivity contribution in [2.75, 3.05) is 13.2 Å². The number of unbranched alkanes of at least 4 members (excludes halogenated alkanes) is 5. The second kappa shape index (κ2) is 14.4. The first-order valence-electron chi connectivity index (χ1n) is 13.7. The van der Waals surface area contributed by atoms with Gasteiger partial charge in [0.15, 0.2) is 17.7 Å². The van der Waals surface area contributed by atoms with E-state index in [-0.39, 0.29) is 6.10 Å². The summed E-state index contributed by atoms with van der Waals surface area (Å²) in [6.45, 7) is 3.32. The molecular formula is C30H38N2O5. The fourth-order valence-electron chi connectivity index (χ4n) is 4.45. The van der Waals surface area contributed by atoms with Crippen LogP contribution in [-0.2, 0) is 14.3 Å². The van der Waals surface area contributed by atoms with E-state index in [1.54, 1.807) is 30.6 Å². The molecule has 4 rings (SSSR count). The van der Waals surface area contributed by atoms with Crippen LogP contribution in [0.4, 0.5) is 0 Å². The first-order chi connectivity index (χ1) is 18.2. The maximum absolute atomic E-state index is 12.3. The molecule has 2 fully saturated rings. The Morgan fingerprint density at radius 2 is 1.70 bits per heavy atom. The third-order valence-corrected chi connectivity index (χ3v) is 6.56. The second-order valence-corrected chi connectivity index (χ2v) is 9.58. The normalized spacial score (nSPS) is 17.5. The van der Waals surface area contributed by atoms with Gasteiger partial charge in [0.05, 0.1) is 19.0 Å². The van der Waals surface area contributed by atoms with E-state index >= 15 is 0 Å². The summed E-state index contributed by atoms with van der Waals surface area (Å²) in [4.78, 5) is 21.1. The number of benzene rings is 1. The summed E-state index contributed by atoms with van der Waals surface area (Å²) in [5.74, 6) is 1.90. The molecule has 1 aliphatic heterocycles. The number of rotatable bonds is 12. The third-order valence-electron chi connectivity index (χ3n) is 6.56. The quantitative estimate of drug-likeness (QED) is 0.134. The van der Waals surface area contributed by atoms with Crippen molar-refractivity contribution in [3.63, 3.8) is 0 Å². The van der Waals surface area contributed by atoms with Crippen LogP contribution in [0.2, 0.25) is 0 Å². The van der Waals surface area contributed by atoms with Gasteiger partial charge < -0.3 is 18.9 Å². The largest absolute Gasteiger partial charge is 0.490 e. The average molecular weight is 507 g/mol. The first-order valence-corrected chi connectivity index (χ1v) is 13.7. The molecule has 0 N–H and O–H groups in total. The van der Waals surface area contributed by atoms with Crippen LogP contribution >= 0.6 is 0 Å². The van der Waals surface area contributed by atoms with Gasteiger partial charge in [-0.2, -0.15) is 0 Å². The van der Waals surface area contributed by atoms with Gasteiger partial charge in [0, 0.05) is 17.2 Å². The molecule has 0 bridgehead atoms. The van der Waals surface area contributed by atoms with Crippen LogP contribution in [0.25, 0.3) is 11.4 Å². The van der Waals surface area contributed by atoms with E-state index in [0.717, 1.165) is 24.8 Å². The van der Waals surface area contributed by atoms with E-state index in [0.29, 0.717) is 36.5 Å². The molecule has 198 valence electrons. The Morgan fingerprint density at radius 3 is 2.46 bits per heavy atom. The van der Waals surface area contributed by atoms with Crippen LogP contribution in [0.1, 0.15) is 77.6 Å². The zero-order valence-corrected chi connectivity index (χ0v) is 21.8. The number of hydrogen-bond donors (Lipinski definition) is 0. The summed E-state index contributed by atoms with van der Waals surface area (Å²) in [6.07, 6.45) is 19.3. The van der Waals surface area contributed by atoms with Crippen LogP contribution in [0.3, 0.4) is 0 Å². The highest BCUT2D eigenvalue weighted by atomic mass is 16.7. The maximum atomic E-state index is 12.3. The number of ether oxygens (including phenoxy) is 4. The Kier molecular flexibility index (Phi) is 10.4. The number of carbonyl (C=O) groups excluding carboxylic acids is 1. The van der Waals surface area contributed by atoms with Crippen molar-refractivity contribution >= 4 is 5.97 Å². The lowest BCUT2D eigenvalue weighted by Crippen LogP contribution is -2.09. The van der Waals surface area contributed by atoms with Gasteiger partial charge in [-0.25, -0.2) is 14.8 Å². The predicted molar refractivity (Wildman–Crippen MR) is 142 cm³/mol. The summed E-state index contributed by atoms with van der Waals surface area (Å²) >= 11 is 0. The average Bonchev–Trinajstić information content (AvgIpc) is 3.42. The van der Waals surface area contributed by atoms with Gasteiger partial charge in [-0.05, 0) is 62.4 Å². The Hall–Kier alpha value is -3.35. The number of esters is 1. The van der Waals surface area contributed by atoms with E-state index in [2.05, 4.69) is 16.9 Å². The molecule has 2 heterocycles. The Labute approximate surface area is 219 Å². The van der Waals surface area contributed by atoms with Crippen molar-refractivity contribution in [2.24, 2.45) is 0 Å². The fraction of sp³-hybridized carbons (Fsp3) is 0.500. The summed E-state index contributed by atoms with van der Waals surface area (Å²) in [5.41, 5.74) is 2.08. The molecule has 0 amide bonds. The van der Waals surface area contributed by atoms with Crippen LogP contribution in [-0.4, -0.2) is 35.3 Å². The van der Waals surface area contributed by atoms with Gasteiger partial charge in [0.1, 0.15) is 12.4 Å². The van der Waals surface area contributed by atoms with Gasteiger partial charge in [-0.1, -0.05) is 45.4 Å². The highest BCUT2D eigenvalue weighted by Crippen LogP contribution is 2.30. The number of aromatic nitrogens is 2. The molecule has 2 aliphatic rings. The molecule has 37 heavy (non-hydrogen) atoms. The van der Waals surface area contributed by atoms with Crippen LogP contribution in [0, 0.1) is 0 Å². The minimum absolute atomic E-state index is 0.269. The molecule has 1 saturated heterocycles. The third kappa shape index (κ3) is 8.62. The molecule has 7 heteroatoms. The zero-order chi connectivity index (χ0) is 25.7. The second-order valence-electron chi connectivity index (χ2n) is 9.58. The van der Waals surface area contributed by atoms with Crippen molar-refractivity contribution in [3.05, 3.63) is 60.3 Å². The Balaban J connectivity index is 1.19. The lowest BCUT2D eigenvalue weighted by Gasteiger charge is -2.14. The zero-order valence-electron chi connectivity index (χ0n) is 21.8. The standard InChI is InChI=1S/C30H38N2O5/c1-2-3-4-5-6-10-19-34-27-20-31-29(32-21-27)23-13-15-25(16-14-23)36-28(33)18-17-26-22-35-30(37-26)24-11-8-7-9-12-24/h13-18,20-21,26H,2-12,19,22H2,1H3/b18-17+/t26-/m0/s1. The van der Waals surface area contributed by atoms with E-state index in [4.69, 9.17) is 18.9 Å². The fourth-order valence-corrected chi connectivity index (χ4v) is 4.45. The van der Waals surface area contributed by atoms with Crippen molar-refractivity contribution in [1.29, 1.82) is 0 Å². The number of carbonyl (C=O) groups is 1. The lowest BCUT2D eigenvalue weighted by atomic mass is 9.96. The minimum Gasteiger partial charge on any atom is -0.490 e. The summed E-state index contributed by atoms with van der Waals surface area (Å²) in [6, 6.07) is 7.12. The van der Waals surface area contributed by atoms with Gasteiger partial charge in [0.25, 0.3) is 5.95 Å². The predicted octanol–water partition coefficient (Wildman–Crippen LogP) is 6.94. The monoisotopic (exact) mass is 506 g/mol. The van der Waals surface area contributed by atoms with Gasteiger partial charge in [-0.15, -0.1) is 0 Å². The van der Waals surface area contributed by atoms with Crippen LogP contribution in [0.15, 0.2) is 60.3 Å². The summed E-state index contributed by atoms with van der Waals surface area (Å²) < 4.78 is 22.7. The molecule has 1 atom stereocenters. The van der Waals surface area contributed by atoms with Crippen molar-refractivity contribution in [3.8, 4) is 22.9 Å². The van der Waals surface area contributed by atoms with E-state index in [1.807, 2.05) is 12.1 Å². The Bertz CT molecular complexity index is 1040. The SMILES string of the molecule is CCCCCCCCOc1cnc(-c2ccc(OC(=O)/C=C/[C@H]3COC(=C4CCCCC4)O3)cc2)nc1. The molecule has 0 unspecified atom stereocenters. The number of allylic oxidation sites excluding steroid dienone is 1. The molecular weight excluding hydrogens is 468 g/mol. The smallest absolute Gasteiger partial charge is 0.335 e. The molecule has 1 aromatic heterocycles. The number of hydrogen-bond acceptors (Lipinski definition) is 7. The van der Waals surface area contributed by atoms with Gasteiger partial charge >= 0.3 is 5.97 Å². The highest BCUT2D eigenvalue weighted by Gasteiger charge is 2.24. The topological polar surface area (TPSA) is 79.8 Å². The summed E-state index contributed by atoms with van der Waals surface area (Å²) in [7, 11) is 0. The van der Waals surface area contributed by atoms with Crippen LogP contribution in [0.5, 0.6) is 11.5 Å². The Morgan fingerprint density at radius 1 is 0.973 bits per heavy atom. The molecule has 2 aromatic rings. The van der Waals surface area contributed by atoms with Crippen LogP contribution < -0.4 is 9.47 Å². The number of nitrogens with zero attached hydrogens (tertiary/aromatic N) is 2. The van der Waals surface area contributed by atoms with Crippen molar-refractivity contribution in [2.45, 2.75) is 83.7 Å². The van der Waals surface area contributed by atoms with Gasteiger partial charge in [0.2, 0.25) is 0 Å². The maximum Gasteiger partial charge on any atom is 0.335 e. The highest BCUT2D eigenvalue weighted by molar-refractivity contribution is 5.84. The molecule has 0 spiro atoms. The molecule has 1 aromatic carbocycles. The summed E-state index contributed by atoms with van der Waals surface area (Å²) in [5, 5.41) is 0. The van der Waals surface area contributed by atoms with Crippen molar-refractivity contribution in [1.82, 2.24) is 9.97 Å².